The molecule has 1 aromatic heterocycles. The Morgan fingerprint density at radius 3 is 2.32 bits per heavy atom. The molecule has 2 heterocycles. The van der Waals surface area contributed by atoms with Gasteiger partial charge in [0.1, 0.15) is 12.7 Å². The lowest BCUT2D eigenvalue weighted by molar-refractivity contribution is -0.140. The maximum Gasteiger partial charge on any atom is 0.417 e. The van der Waals surface area contributed by atoms with Crippen LogP contribution < -0.4 is 4.74 Å². The van der Waals surface area contributed by atoms with Crippen LogP contribution in [0.2, 0.25) is 0 Å². The first-order valence-corrected chi connectivity index (χ1v) is 11.1. The summed E-state index contributed by atoms with van der Waals surface area (Å²) in [7, 11) is 0. The van der Waals surface area contributed by atoms with Crippen LogP contribution in [0.25, 0.3) is 11.1 Å². The summed E-state index contributed by atoms with van der Waals surface area (Å²) < 4.78 is 49.3. The minimum atomic E-state index is -4.45. The summed E-state index contributed by atoms with van der Waals surface area (Å²) >= 11 is 0. The molecule has 1 aliphatic carbocycles. The molecule has 2 aromatic carbocycles. The number of pyridine rings is 1. The van der Waals surface area contributed by atoms with E-state index in [1.54, 1.807) is 4.90 Å². The van der Waals surface area contributed by atoms with E-state index < -0.39 is 11.7 Å². The highest BCUT2D eigenvalue weighted by Crippen LogP contribution is 2.46. The largest absolute Gasteiger partial charge is 0.475 e. The van der Waals surface area contributed by atoms with E-state index in [1.807, 2.05) is 24.3 Å². The van der Waals surface area contributed by atoms with E-state index in [2.05, 4.69) is 29.2 Å². The summed E-state index contributed by atoms with van der Waals surface area (Å²) in [5, 5.41) is 0. The van der Waals surface area contributed by atoms with Crippen LogP contribution in [0.5, 0.6) is 5.88 Å². The Morgan fingerprint density at radius 1 is 1.03 bits per heavy atom. The molecule has 5 rings (SSSR count). The third kappa shape index (κ3) is 4.50. The summed E-state index contributed by atoms with van der Waals surface area (Å²) in [6, 6.07) is 18.5. The van der Waals surface area contributed by atoms with Crippen molar-refractivity contribution in [3.05, 3.63) is 83.6 Å². The molecule has 3 aromatic rings. The van der Waals surface area contributed by atoms with Crippen LogP contribution in [0, 0.1) is 0 Å². The van der Waals surface area contributed by atoms with Crippen molar-refractivity contribution in [3.63, 3.8) is 0 Å². The number of carbonyl (C=O) groups is 1. The minimum Gasteiger partial charge on any atom is -0.475 e. The van der Waals surface area contributed by atoms with Crippen LogP contribution in [0.4, 0.5) is 13.2 Å². The van der Waals surface area contributed by atoms with E-state index in [0.29, 0.717) is 26.1 Å². The van der Waals surface area contributed by atoms with Crippen molar-refractivity contribution in [2.75, 3.05) is 26.3 Å². The number of carbonyl (C=O) groups excluding carboxylic acids is 1. The summed E-state index contributed by atoms with van der Waals surface area (Å²) in [6.45, 7) is 1.31. The summed E-state index contributed by atoms with van der Waals surface area (Å²) in [5.41, 5.74) is 3.85. The quantitative estimate of drug-likeness (QED) is 0.534. The normalized spacial score (nSPS) is 17.9. The van der Waals surface area contributed by atoms with E-state index in [9.17, 15) is 18.0 Å². The zero-order valence-corrected chi connectivity index (χ0v) is 18.3. The highest BCUT2D eigenvalue weighted by atomic mass is 19.4. The molecule has 1 unspecified atom stereocenters. The fourth-order valence-corrected chi connectivity index (χ4v) is 4.64. The fraction of sp³-hybridized carbons (Fsp3) is 0.308. The number of rotatable bonds is 5. The average Bonchev–Trinajstić information content (AvgIpc) is 3.16. The van der Waals surface area contributed by atoms with Crippen LogP contribution >= 0.6 is 0 Å². The van der Waals surface area contributed by atoms with Gasteiger partial charge in [0.2, 0.25) is 11.8 Å². The van der Waals surface area contributed by atoms with Crippen molar-refractivity contribution in [3.8, 4) is 17.0 Å². The molecule has 2 aliphatic rings. The Bertz CT molecular complexity index is 1130. The highest BCUT2D eigenvalue weighted by Gasteiger charge is 2.33. The van der Waals surface area contributed by atoms with Gasteiger partial charge in [-0.1, -0.05) is 48.5 Å². The van der Waals surface area contributed by atoms with Gasteiger partial charge in [-0.25, -0.2) is 4.98 Å². The lowest BCUT2D eigenvalue weighted by Gasteiger charge is -2.33. The van der Waals surface area contributed by atoms with Gasteiger partial charge in [-0.05, 0) is 28.3 Å². The van der Waals surface area contributed by atoms with Gasteiger partial charge in [-0.15, -0.1) is 0 Å². The Hall–Kier alpha value is -3.39. The first-order valence-electron chi connectivity index (χ1n) is 11.1. The molecule has 1 fully saturated rings. The van der Waals surface area contributed by atoms with Crippen molar-refractivity contribution in [1.82, 2.24) is 9.88 Å². The lowest BCUT2D eigenvalue weighted by atomic mass is 9.93. The Balaban J connectivity index is 1.21. The zero-order valence-electron chi connectivity index (χ0n) is 18.3. The van der Waals surface area contributed by atoms with Gasteiger partial charge in [0.15, 0.2) is 0 Å². The van der Waals surface area contributed by atoms with Gasteiger partial charge in [0.25, 0.3) is 0 Å². The van der Waals surface area contributed by atoms with Crippen LogP contribution in [0.3, 0.4) is 0 Å². The van der Waals surface area contributed by atoms with Gasteiger partial charge in [-0.2, -0.15) is 13.2 Å². The van der Waals surface area contributed by atoms with Crippen LogP contribution in [-0.2, 0) is 15.7 Å². The van der Waals surface area contributed by atoms with E-state index in [-0.39, 0.29) is 30.4 Å². The molecular weight excluding hydrogens is 445 g/mol. The highest BCUT2D eigenvalue weighted by molar-refractivity contribution is 5.84. The van der Waals surface area contributed by atoms with Crippen molar-refractivity contribution in [1.29, 1.82) is 0 Å². The number of benzene rings is 2. The van der Waals surface area contributed by atoms with Gasteiger partial charge < -0.3 is 14.4 Å². The molecule has 1 atom stereocenters. The first kappa shape index (κ1) is 22.4. The van der Waals surface area contributed by atoms with Crippen molar-refractivity contribution < 1.29 is 27.4 Å². The Morgan fingerprint density at radius 2 is 1.71 bits per heavy atom. The molecule has 0 bridgehead atoms. The molecule has 1 aliphatic heterocycles. The second-order valence-electron chi connectivity index (χ2n) is 8.46. The maximum atomic E-state index is 13.2. The number of morpholine rings is 1. The minimum absolute atomic E-state index is 0.00814. The standard InChI is InChI=1S/C26H23F3N2O3/c27-26(28,29)17-9-10-24(30-14-17)34-16-18-15-31(11-12-33-18)25(32)13-23-21-7-3-1-5-19(21)20-6-2-4-8-22(20)23/h1-10,14,18,23H,11-13,15-16H2. The Kier molecular flexibility index (Phi) is 6.00. The number of amides is 1. The number of hydrogen-bond donors (Lipinski definition) is 0. The summed E-state index contributed by atoms with van der Waals surface area (Å²) in [5.74, 6) is 0.130. The SMILES string of the molecule is O=C(CC1c2ccccc2-c2ccccc21)N1CCOC(COc2ccc(C(F)(F)F)cn2)C1. The molecule has 0 saturated carbocycles. The predicted molar refractivity (Wildman–Crippen MR) is 119 cm³/mol. The van der Waals surface area contributed by atoms with Gasteiger partial charge in [0, 0.05) is 31.1 Å². The van der Waals surface area contributed by atoms with E-state index in [0.717, 1.165) is 12.3 Å². The second-order valence-corrected chi connectivity index (χ2v) is 8.46. The van der Waals surface area contributed by atoms with Crippen molar-refractivity contribution in [2.24, 2.45) is 0 Å². The maximum absolute atomic E-state index is 13.2. The zero-order chi connectivity index (χ0) is 23.7. The van der Waals surface area contributed by atoms with Crippen molar-refractivity contribution >= 4 is 5.91 Å². The fourth-order valence-electron chi connectivity index (χ4n) is 4.64. The van der Waals surface area contributed by atoms with E-state index in [1.165, 1.54) is 28.3 Å². The number of fused-ring (bicyclic) bond motifs is 3. The van der Waals surface area contributed by atoms with Crippen LogP contribution in [0.1, 0.15) is 29.0 Å². The third-order valence-electron chi connectivity index (χ3n) is 6.31. The number of aromatic nitrogens is 1. The molecule has 0 N–H and O–H groups in total. The predicted octanol–water partition coefficient (Wildman–Crippen LogP) is 4.91. The number of ether oxygens (including phenoxy) is 2. The number of alkyl halides is 3. The molecular formula is C26H23F3N2O3. The molecule has 1 amide bonds. The lowest BCUT2D eigenvalue weighted by Crippen LogP contribution is -2.47. The molecule has 1 saturated heterocycles. The van der Waals surface area contributed by atoms with Gasteiger partial charge in [-0.3, -0.25) is 4.79 Å². The van der Waals surface area contributed by atoms with E-state index >= 15 is 0 Å². The molecule has 34 heavy (non-hydrogen) atoms. The smallest absolute Gasteiger partial charge is 0.417 e. The van der Waals surface area contributed by atoms with Crippen LogP contribution in [-0.4, -0.2) is 48.2 Å². The monoisotopic (exact) mass is 468 g/mol. The topological polar surface area (TPSA) is 51.7 Å². The number of nitrogens with zero attached hydrogens (tertiary/aromatic N) is 2. The number of hydrogen-bond acceptors (Lipinski definition) is 4. The average molecular weight is 468 g/mol. The summed E-state index contributed by atoms with van der Waals surface area (Å²) in [4.78, 5) is 18.7. The number of halogens is 3. The molecule has 0 spiro atoms. The van der Waals surface area contributed by atoms with Gasteiger partial charge in [0.05, 0.1) is 18.7 Å². The van der Waals surface area contributed by atoms with Crippen LogP contribution in [0.15, 0.2) is 66.9 Å². The molecule has 176 valence electrons. The van der Waals surface area contributed by atoms with Crippen molar-refractivity contribution in [2.45, 2.75) is 24.6 Å². The third-order valence-corrected chi connectivity index (χ3v) is 6.31. The summed E-state index contributed by atoms with van der Waals surface area (Å²) in [6.07, 6.45) is -3.73. The first-order chi connectivity index (χ1) is 16.4. The molecule has 8 heteroatoms. The molecule has 5 nitrogen and oxygen atoms in total. The second kappa shape index (κ2) is 9.10. The van der Waals surface area contributed by atoms with Gasteiger partial charge >= 0.3 is 6.18 Å². The van der Waals surface area contributed by atoms with E-state index in [4.69, 9.17) is 9.47 Å². The Labute approximate surface area is 195 Å². The molecule has 0 radical (unpaired) electrons.